The molecule has 3 rings (SSSR count). The van der Waals surface area contributed by atoms with Gasteiger partial charge in [0.05, 0.1) is 18.6 Å². The first-order valence-electron chi connectivity index (χ1n) is 7.63. The molecule has 1 aliphatic heterocycles. The van der Waals surface area contributed by atoms with Crippen molar-refractivity contribution < 1.29 is 9.21 Å². The summed E-state index contributed by atoms with van der Waals surface area (Å²) >= 11 is 1.76. The minimum Gasteiger partial charge on any atom is -0.472 e. The molecule has 1 aliphatic rings. The van der Waals surface area contributed by atoms with Crippen LogP contribution in [0.1, 0.15) is 29.3 Å². The SMILES string of the molecule is O=C(NCc1ccoc1)NC[C@H](c1cccs1)N1CCCC1. The quantitative estimate of drug-likeness (QED) is 0.860. The number of likely N-dealkylation sites (tertiary alicyclic amines) is 1. The number of nitrogens with zero attached hydrogens (tertiary/aromatic N) is 1. The molecule has 0 bridgehead atoms. The Balaban J connectivity index is 1.51. The second-order valence-electron chi connectivity index (χ2n) is 5.47. The number of carbonyl (C=O) groups is 1. The van der Waals surface area contributed by atoms with E-state index < -0.39 is 0 Å². The van der Waals surface area contributed by atoms with Crippen LogP contribution in [0.5, 0.6) is 0 Å². The fourth-order valence-corrected chi connectivity index (χ4v) is 3.63. The van der Waals surface area contributed by atoms with Crippen LogP contribution in [-0.4, -0.2) is 30.6 Å². The zero-order valence-electron chi connectivity index (χ0n) is 12.5. The number of nitrogens with one attached hydrogen (secondary N) is 2. The highest BCUT2D eigenvalue weighted by Crippen LogP contribution is 2.27. The van der Waals surface area contributed by atoms with Gasteiger partial charge in [-0.25, -0.2) is 4.79 Å². The molecule has 1 saturated heterocycles. The number of amides is 2. The van der Waals surface area contributed by atoms with Gasteiger partial charge in [-0.2, -0.15) is 0 Å². The molecule has 0 radical (unpaired) electrons. The second-order valence-corrected chi connectivity index (χ2v) is 6.45. The molecule has 0 unspecified atom stereocenters. The summed E-state index contributed by atoms with van der Waals surface area (Å²) < 4.78 is 4.98. The van der Waals surface area contributed by atoms with E-state index in [-0.39, 0.29) is 12.1 Å². The summed E-state index contributed by atoms with van der Waals surface area (Å²) in [6, 6.07) is 6.21. The highest BCUT2D eigenvalue weighted by atomic mass is 32.1. The minimum atomic E-state index is -0.137. The number of carbonyl (C=O) groups excluding carboxylic acids is 1. The number of rotatable bonds is 6. The highest BCUT2D eigenvalue weighted by molar-refractivity contribution is 7.10. The first-order valence-corrected chi connectivity index (χ1v) is 8.51. The van der Waals surface area contributed by atoms with Gasteiger partial charge in [0.1, 0.15) is 0 Å². The Morgan fingerprint density at radius 3 is 2.86 bits per heavy atom. The maximum absolute atomic E-state index is 12.0. The third-order valence-corrected chi connectivity index (χ3v) is 4.92. The smallest absolute Gasteiger partial charge is 0.315 e. The van der Waals surface area contributed by atoms with Crippen molar-refractivity contribution in [3.63, 3.8) is 0 Å². The zero-order chi connectivity index (χ0) is 15.2. The standard InChI is InChI=1S/C16H21N3O2S/c20-16(17-10-13-5-8-21-12-13)18-11-14(15-4-3-9-22-15)19-6-1-2-7-19/h3-5,8-9,12,14H,1-2,6-7,10-11H2,(H2,17,18,20)/t14-/m1/s1. The minimum absolute atomic E-state index is 0.137. The monoisotopic (exact) mass is 319 g/mol. The molecule has 22 heavy (non-hydrogen) atoms. The molecule has 2 N–H and O–H groups in total. The van der Waals surface area contributed by atoms with E-state index in [1.165, 1.54) is 17.7 Å². The van der Waals surface area contributed by atoms with Crippen molar-refractivity contribution in [2.24, 2.45) is 0 Å². The van der Waals surface area contributed by atoms with Crippen molar-refractivity contribution in [2.75, 3.05) is 19.6 Å². The molecule has 2 aromatic rings. The maximum atomic E-state index is 12.0. The third kappa shape index (κ3) is 3.90. The van der Waals surface area contributed by atoms with Gasteiger partial charge in [0.2, 0.25) is 0 Å². The fraction of sp³-hybridized carbons (Fsp3) is 0.438. The van der Waals surface area contributed by atoms with Crippen LogP contribution in [-0.2, 0) is 6.54 Å². The van der Waals surface area contributed by atoms with Gasteiger partial charge < -0.3 is 15.1 Å². The van der Waals surface area contributed by atoms with Crippen molar-refractivity contribution in [3.05, 3.63) is 46.5 Å². The van der Waals surface area contributed by atoms with E-state index in [2.05, 4.69) is 33.0 Å². The maximum Gasteiger partial charge on any atom is 0.315 e. The first kappa shape index (κ1) is 15.1. The Labute approximate surface area is 134 Å². The first-order chi connectivity index (χ1) is 10.8. The van der Waals surface area contributed by atoms with Crippen LogP contribution in [0.25, 0.3) is 0 Å². The van der Waals surface area contributed by atoms with Crippen LogP contribution in [0.3, 0.4) is 0 Å². The zero-order valence-corrected chi connectivity index (χ0v) is 13.3. The van der Waals surface area contributed by atoms with Gasteiger partial charge >= 0.3 is 6.03 Å². The third-order valence-electron chi connectivity index (χ3n) is 3.94. The molecule has 5 nitrogen and oxygen atoms in total. The second kappa shape index (κ2) is 7.47. The summed E-state index contributed by atoms with van der Waals surface area (Å²) in [6.07, 6.45) is 5.73. The van der Waals surface area contributed by atoms with E-state index in [4.69, 9.17) is 4.42 Å². The van der Waals surface area contributed by atoms with Gasteiger partial charge in [-0.1, -0.05) is 6.07 Å². The van der Waals surface area contributed by atoms with E-state index in [0.29, 0.717) is 13.1 Å². The van der Waals surface area contributed by atoms with Gasteiger partial charge in [0.15, 0.2) is 0 Å². The van der Waals surface area contributed by atoms with Gasteiger partial charge in [-0.05, 0) is 43.4 Å². The normalized spacial score (nSPS) is 16.5. The van der Waals surface area contributed by atoms with Gasteiger partial charge in [0.25, 0.3) is 0 Å². The van der Waals surface area contributed by atoms with E-state index in [1.807, 2.05) is 6.07 Å². The van der Waals surface area contributed by atoms with Gasteiger partial charge in [0, 0.05) is 23.5 Å². The molecule has 0 saturated carbocycles. The molecule has 3 heterocycles. The summed E-state index contributed by atoms with van der Waals surface area (Å²) in [6.45, 7) is 3.34. The number of hydrogen-bond acceptors (Lipinski definition) is 4. The Morgan fingerprint density at radius 1 is 1.32 bits per heavy atom. The van der Waals surface area contributed by atoms with Crippen LogP contribution < -0.4 is 10.6 Å². The molecule has 2 aromatic heterocycles. The van der Waals surface area contributed by atoms with Gasteiger partial charge in [-0.3, -0.25) is 4.90 Å². The molecular weight excluding hydrogens is 298 g/mol. The molecule has 0 aliphatic carbocycles. The van der Waals surface area contributed by atoms with E-state index in [1.54, 1.807) is 23.9 Å². The van der Waals surface area contributed by atoms with Crippen molar-refractivity contribution in [3.8, 4) is 0 Å². The predicted octanol–water partition coefficient (Wildman–Crippen LogP) is 2.98. The molecule has 118 valence electrons. The Morgan fingerprint density at radius 2 is 2.18 bits per heavy atom. The lowest BCUT2D eigenvalue weighted by molar-refractivity contribution is 0.222. The van der Waals surface area contributed by atoms with Crippen LogP contribution in [0.2, 0.25) is 0 Å². The lowest BCUT2D eigenvalue weighted by Gasteiger charge is -2.26. The van der Waals surface area contributed by atoms with Crippen LogP contribution >= 0.6 is 11.3 Å². The summed E-state index contributed by atoms with van der Waals surface area (Å²) in [5, 5.41) is 7.94. The topological polar surface area (TPSA) is 57.5 Å². The predicted molar refractivity (Wildman–Crippen MR) is 86.8 cm³/mol. The highest BCUT2D eigenvalue weighted by Gasteiger charge is 2.24. The number of urea groups is 1. The molecule has 2 amide bonds. The van der Waals surface area contributed by atoms with Crippen molar-refractivity contribution >= 4 is 17.4 Å². The van der Waals surface area contributed by atoms with Crippen molar-refractivity contribution in [2.45, 2.75) is 25.4 Å². The molecule has 0 spiro atoms. The molecular formula is C16H21N3O2S. The van der Waals surface area contributed by atoms with Crippen LogP contribution in [0.15, 0.2) is 40.5 Å². The average molecular weight is 319 g/mol. The Hall–Kier alpha value is -1.79. The number of hydrogen-bond donors (Lipinski definition) is 2. The molecule has 0 aromatic carbocycles. The van der Waals surface area contributed by atoms with E-state index >= 15 is 0 Å². The van der Waals surface area contributed by atoms with Gasteiger partial charge in [-0.15, -0.1) is 11.3 Å². The number of thiophene rings is 1. The summed E-state index contributed by atoms with van der Waals surface area (Å²) in [5.74, 6) is 0. The summed E-state index contributed by atoms with van der Waals surface area (Å²) in [7, 11) is 0. The van der Waals surface area contributed by atoms with E-state index in [0.717, 1.165) is 18.7 Å². The van der Waals surface area contributed by atoms with Crippen molar-refractivity contribution in [1.29, 1.82) is 0 Å². The molecule has 6 heteroatoms. The summed E-state index contributed by atoms with van der Waals surface area (Å²) in [5.41, 5.74) is 0.962. The lowest BCUT2D eigenvalue weighted by atomic mass is 10.2. The molecule has 1 fully saturated rings. The fourth-order valence-electron chi connectivity index (χ4n) is 2.77. The Bertz CT molecular complexity index is 562. The van der Waals surface area contributed by atoms with Crippen LogP contribution in [0, 0.1) is 0 Å². The van der Waals surface area contributed by atoms with Crippen molar-refractivity contribution in [1.82, 2.24) is 15.5 Å². The molecule has 1 atom stereocenters. The summed E-state index contributed by atoms with van der Waals surface area (Å²) in [4.78, 5) is 15.7. The lowest BCUT2D eigenvalue weighted by Crippen LogP contribution is -2.41. The average Bonchev–Trinajstić information content (AvgIpc) is 3.27. The largest absolute Gasteiger partial charge is 0.472 e. The van der Waals surface area contributed by atoms with E-state index in [9.17, 15) is 4.79 Å². The number of furan rings is 1. The van der Waals surface area contributed by atoms with Crippen LogP contribution in [0.4, 0.5) is 4.79 Å². The Kier molecular flexibility index (Phi) is 5.13.